The summed E-state index contributed by atoms with van der Waals surface area (Å²) >= 11 is 0. The molecule has 0 bridgehead atoms. The third kappa shape index (κ3) is 5.87. The SMILES string of the molecule is O=C(C=Cc1ccccc1)NC(CO)C(=O)NC1CCCCC1. The van der Waals surface area contributed by atoms with Gasteiger partial charge in [0, 0.05) is 12.1 Å². The average Bonchev–Trinajstić information content (AvgIpc) is 2.59. The van der Waals surface area contributed by atoms with E-state index >= 15 is 0 Å². The van der Waals surface area contributed by atoms with Gasteiger partial charge in [0.05, 0.1) is 6.61 Å². The molecule has 0 heterocycles. The first kappa shape index (κ1) is 17.2. The summed E-state index contributed by atoms with van der Waals surface area (Å²) < 4.78 is 0. The third-order valence-corrected chi connectivity index (χ3v) is 3.99. The second-order valence-electron chi connectivity index (χ2n) is 5.83. The highest BCUT2D eigenvalue weighted by Crippen LogP contribution is 2.17. The van der Waals surface area contributed by atoms with Crippen molar-refractivity contribution >= 4 is 17.9 Å². The number of amides is 2. The molecule has 1 aromatic rings. The number of carbonyl (C=O) groups is 2. The van der Waals surface area contributed by atoms with Gasteiger partial charge in [-0.05, 0) is 24.5 Å². The molecule has 0 aromatic heterocycles. The Balaban J connectivity index is 1.84. The van der Waals surface area contributed by atoms with Crippen LogP contribution in [0.25, 0.3) is 6.08 Å². The van der Waals surface area contributed by atoms with Gasteiger partial charge in [0.25, 0.3) is 0 Å². The molecule has 23 heavy (non-hydrogen) atoms. The van der Waals surface area contributed by atoms with Crippen molar-refractivity contribution in [2.45, 2.75) is 44.2 Å². The van der Waals surface area contributed by atoms with Crippen LogP contribution in [0.4, 0.5) is 0 Å². The summed E-state index contributed by atoms with van der Waals surface area (Å²) in [5, 5.41) is 14.8. The zero-order valence-corrected chi connectivity index (χ0v) is 13.2. The van der Waals surface area contributed by atoms with Crippen molar-refractivity contribution in [3.05, 3.63) is 42.0 Å². The van der Waals surface area contributed by atoms with E-state index in [1.165, 1.54) is 12.5 Å². The van der Waals surface area contributed by atoms with E-state index in [1.54, 1.807) is 6.08 Å². The molecule has 3 N–H and O–H groups in total. The highest BCUT2D eigenvalue weighted by molar-refractivity contribution is 5.95. The summed E-state index contributed by atoms with van der Waals surface area (Å²) in [5.41, 5.74) is 0.898. The summed E-state index contributed by atoms with van der Waals surface area (Å²) in [7, 11) is 0. The van der Waals surface area contributed by atoms with Crippen LogP contribution in [0.15, 0.2) is 36.4 Å². The minimum absolute atomic E-state index is 0.155. The molecule has 1 saturated carbocycles. The predicted octanol–water partition coefficient (Wildman–Crippen LogP) is 1.63. The summed E-state index contributed by atoms with van der Waals surface area (Å²) in [6, 6.07) is 8.66. The van der Waals surface area contributed by atoms with Crippen LogP contribution in [-0.4, -0.2) is 35.6 Å². The van der Waals surface area contributed by atoms with E-state index in [4.69, 9.17) is 0 Å². The van der Waals surface area contributed by atoms with Crippen LogP contribution < -0.4 is 10.6 Å². The van der Waals surface area contributed by atoms with Gasteiger partial charge in [-0.2, -0.15) is 0 Å². The topological polar surface area (TPSA) is 78.4 Å². The summed E-state index contributed by atoms with van der Waals surface area (Å²) in [6.45, 7) is -0.413. The molecule has 0 aliphatic heterocycles. The fourth-order valence-electron chi connectivity index (χ4n) is 2.70. The fourth-order valence-corrected chi connectivity index (χ4v) is 2.70. The molecule has 1 aliphatic rings. The summed E-state index contributed by atoms with van der Waals surface area (Å²) in [4.78, 5) is 24.0. The monoisotopic (exact) mass is 316 g/mol. The lowest BCUT2D eigenvalue weighted by Crippen LogP contribution is -2.51. The molecule has 0 radical (unpaired) electrons. The lowest BCUT2D eigenvalue weighted by molar-refractivity contribution is -0.128. The minimum Gasteiger partial charge on any atom is -0.394 e. The Labute approximate surface area is 136 Å². The van der Waals surface area contributed by atoms with Crippen LogP contribution >= 0.6 is 0 Å². The molecule has 5 nitrogen and oxygen atoms in total. The number of hydrogen-bond acceptors (Lipinski definition) is 3. The Morgan fingerprint density at radius 2 is 1.87 bits per heavy atom. The lowest BCUT2D eigenvalue weighted by Gasteiger charge is -2.25. The largest absolute Gasteiger partial charge is 0.394 e. The molecule has 2 amide bonds. The maximum absolute atomic E-state index is 12.1. The number of carbonyl (C=O) groups excluding carboxylic acids is 2. The smallest absolute Gasteiger partial charge is 0.245 e. The number of nitrogens with one attached hydrogen (secondary N) is 2. The maximum Gasteiger partial charge on any atom is 0.245 e. The normalized spacial score (nSPS) is 16.9. The van der Waals surface area contributed by atoms with Gasteiger partial charge in [-0.15, -0.1) is 0 Å². The fraction of sp³-hybridized carbons (Fsp3) is 0.444. The number of benzene rings is 1. The van der Waals surface area contributed by atoms with Crippen molar-refractivity contribution in [2.24, 2.45) is 0 Å². The Bertz CT molecular complexity index is 536. The van der Waals surface area contributed by atoms with Crippen molar-refractivity contribution in [1.82, 2.24) is 10.6 Å². The minimum atomic E-state index is -0.912. The second kappa shape index (κ2) is 9.10. The lowest BCUT2D eigenvalue weighted by atomic mass is 9.95. The first-order valence-electron chi connectivity index (χ1n) is 8.14. The average molecular weight is 316 g/mol. The Morgan fingerprint density at radius 1 is 1.17 bits per heavy atom. The van der Waals surface area contributed by atoms with Gasteiger partial charge in [-0.3, -0.25) is 9.59 Å². The van der Waals surface area contributed by atoms with Gasteiger partial charge < -0.3 is 15.7 Å². The van der Waals surface area contributed by atoms with Crippen molar-refractivity contribution in [1.29, 1.82) is 0 Å². The Morgan fingerprint density at radius 3 is 2.52 bits per heavy atom. The molecular formula is C18H24N2O3. The van der Waals surface area contributed by atoms with E-state index in [1.807, 2.05) is 30.3 Å². The van der Waals surface area contributed by atoms with Crippen LogP contribution in [0.3, 0.4) is 0 Å². The van der Waals surface area contributed by atoms with E-state index in [2.05, 4.69) is 10.6 Å². The Kier molecular flexibility index (Phi) is 6.81. The van der Waals surface area contributed by atoms with Gasteiger partial charge in [0.15, 0.2) is 0 Å². The van der Waals surface area contributed by atoms with E-state index in [0.717, 1.165) is 31.2 Å². The van der Waals surface area contributed by atoms with Crippen LogP contribution in [0.5, 0.6) is 0 Å². The van der Waals surface area contributed by atoms with Crippen molar-refractivity contribution in [3.63, 3.8) is 0 Å². The van der Waals surface area contributed by atoms with Crippen molar-refractivity contribution in [2.75, 3.05) is 6.61 Å². The molecule has 1 fully saturated rings. The zero-order chi connectivity index (χ0) is 16.5. The van der Waals surface area contributed by atoms with Crippen molar-refractivity contribution < 1.29 is 14.7 Å². The van der Waals surface area contributed by atoms with Gasteiger partial charge in [0.2, 0.25) is 11.8 Å². The van der Waals surface area contributed by atoms with Gasteiger partial charge in [-0.25, -0.2) is 0 Å². The number of aliphatic hydroxyl groups excluding tert-OH is 1. The van der Waals surface area contributed by atoms with Crippen LogP contribution in [0.2, 0.25) is 0 Å². The first-order valence-corrected chi connectivity index (χ1v) is 8.14. The molecular weight excluding hydrogens is 292 g/mol. The summed E-state index contributed by atoms with van der Waals surface area (Å²) in [6.07, 6.45) is 8.39. The van der Waals surface area contributed by atoms with Crippen LogP contribution in [-0.2, 0) is 9.59 Å². The molecule has 1 aliphatic carbocycles. The molecule has 0 spiro atoms. The third-order valence-electron chi connectivity index (χ3n) is 3.99. The molecule has 0 saturated heterocycles. The molecule has 1 atom stereocenters. The van der Waals surface area contributed by atoms with E-state index in [-0.39, 0.29) is 11.9 Å². The highest BCUT2D eigenvalue weighted by atomic mass is 16.3. The van der Waals surface area contributed by atoms with E-state index in [9.17, 15) is 14.7 Å². The number of rotatable bonds is 6. The molecule has 1 aromatic carbocycles. The van der Waals surface area contributed by atoms with E-state index in [0.29, 0.717) is 0 Å². The van der Waals surface area contributed by atoms with Crippen LogP contribution in [0.1, 0.15) is 37.7 Å². The Hall–Kier alpha value is -2.14. The van der Waals surface area contributed by atoms with Crippen LogP contribution in [0, 0.1) is 0 Å². The second-order valence-corrected chi connectivity index (χ2v) is 5.83. The number of hydrogen-bond donors (Lipinski definition) is 3. The highest BCUT2D eigenvalue weighted by Gasteiger charge is 2.22. The van der Waals surface area contributed by atoms with Gasteiger partial charge in [0.1, 0.15) is 6.04 Å². The van der Waals surface area contributed by atoms with E-state index < -0.39 is 18.6 Å². The van der Waals surface area contributed by atoms with Crippen molar-refractivity contribution in [3.8, 4) is 0 Å². The van der Waals surface area contributed by atoms with Gasteiger partial charge >= 0.3 is 0 Å². The maximum atomic E-state index is 12.1. The predicted molar refractivity (Wildman–Crippen MR) is 89.5 cm³/mol. The quantitative estimate of drug-likeness (QED) is 0.698. The zero-order valence-electron chi connectivity index (χ0n) is 13.2. The van der Waals surface area contributed by atoms with Gasteiger partial charge in [-0.1, -0.05) is 49.6 Å². The number of aliphatic hydroxyl groups is 1. The summed E-state index contributed by atoms with van der Waals surface area (Å²) in [5.74, 6) is -0.715. The first-order chi connectivity index (χ1) is 11.2. The standard InChI is InChI=1S/C18H24N2O3/c21-13-16(18(23)19-15-9-5-2-6-10-15)20-17(22)12-11-14-7-3-1-4-8-14/h1,3-4,7-8,11-12,15-16,21H,2,5-6,9-10,13H2,(H,19,23)(H,20,22). The molecule has 2 rings (SSSR count). The molecule has 1 unspecified atom stereocenters. The molecule has 5 heteroatoms. The molecule has 124 valence electrons.